The molecule has 3 aromatic rings. The van der Waals surface area contributed by atoms with Crippen LogP contribution in [0.2, 0.25) is 0 Å². The average Bonchev–Trinajstić information content (AvgIpc) is 2.96. The Hall–Kier alpha value is -3.79. The van der Waals surface area contributed by atoms with Gasteiger partial charge in [0.1, 0.15) is 5.82 Å². The minimum absolute atomic E-state index is 0. The number of nitrogens with zero attached hydrogens (tertiary/aromatic N) is 2. The van der Waals surface area contributed by atoms with Crippen LogP contribution >= 0.6 is 24.8 Å². The van der Waals surface area contributed by atoms with Crippen LogP contribution in [0.1, 0.15) is 36.0 Å². The lowest BCUT2D eigenvalue weighted by molar-refractivity contribution is -0.385. The molecular formula is C30H47Cl2FN6O7. The summed E-state index contributed by atoms with van der Waals surface area (Å²) in [6, 6.07) is 14.1. The molecule has 0 heterocycles. The van der Waals surface area contributed by atoms with E-state index in [1.165, 1.54) is 13.0 Å². The van der Waals surface area contributed by atoms with E-state index in [1.54, 1.807) is 19.1 Å². The van der Waals surface area contributed by atoms with E-state index in [4.69, 9.17) is 26.8 Å². The molecule has 46 heavy (non-hydrogen) atoms. The van der Waals surface area contributed by atoms with Gasteiger partial charge >= 0.3 is 0 Å². The van der Waals surface area contributed by atoms with Crippen molar-refractivity contribution in [3.63, 3.8) is 0 Å². The number of rotatable bonds is 12. The van der Waals surface area contributed by atoms with Crippen molar-refractivity contribution in [1.82, 2.24) is 0 Å². The van der Waals surface area contributed by atoms with E-state index in [9.17, 15) is 24.6 Å². The zero-order chi connectivity index (χ0) is 33.5. The minimum Gasteiger partial charge on any atom is -0.399 e. The quantitative estimate of drug-likeness (QED) is 0.0559. The SMILES string of the molecule is Cc1cc(F)ccc1[N+](=O)[O-].Cc1cc(NCCCO)ccc1N.Cc1cc(NCCCO)ccc1[N+](=O)[O-].Cl.Cl.NCCCO. The fourth-order valence-electron chi connectivity index (χ4n) is 3.29. The summed E-state index contributed by atoms with van der Waals surface area (Å²) < 4.78 is 12.4. The second-order valence-electron chi connectivity index (χ2n) is 9.39. The summed E-state index contributed by atoms with van der Waals surface area (Å²) in [4.78, 5) is 19.8. The Labute approximate surface area is 281 Å². The Morgan fingerprint density at radius 1 is 0.696 bits per heavy atom. The maximum atomic E-state index is 12.4. The number of hydrogen-bond donors (Lipinski definition) is 7. The molecule has 0 unspecified atom stereocenters. The van der Waals surface area contributed by atoms with Crippen molar-refractivity contribution in [3.05, 3.63) is 97.3 Å². The largest absolute Gasteiger partial charge is 0.399 e. The van der Waals surface area contributed by atoms with E-state index in [1.807, 2.05) is 25.1 Å². The molecule has 0 spiro atoms. The molecule has 0 fully saturated rings. The molecule has 3 aromatic carbocycles. The Kier molecular flexibility index (Phi) is 27.9. The van der Waals surface area contributed by atoms with Gasteiger partial charge in [0, 0.05) is 73.2 Å². The molecule has 0 bridgehead atoms. The number of halogens is 3. The first-order valence-corrected chi connectivity index (χ1v) is 13.9. The molecule has 3 rings (SSSR count). The summed E-state index contributed by atoms with van der Waals surface area (Å²) in [6.07, 6.45) is 2.15. The first kappa shape index (κ1) is 46.6. The maximum Gasteiger partial charge on any atom is 0.272 e. The Bertz CT molecular complexity index is 1290. The third-order valence-corrected chi connectivity index (χ3v) is 5.71. The highest BCUT2D eigenvalue weighted by Crippen LogP contribution is 2.21. The minimum atomic E-state index is -0.533. The van der Waals surface area contributed by atoms with E-state index in [0.29, 0.717) is 30.6 Å². The highest BCUT2D eigenvalue weighted by Gasteiger charge is 2.10. The second kappa shape index (κ2) is 27.5. The number of nitrogens with one attached hydrogen (secondary N) is 2. The number of aryl methyl sites for hydroxylation is 3. The number of nitrogen functional groups attached to an aromatic ring is 1. The van der Waals surface area contributed by atoms with Crippen molar-refractivity contribution in [1.29, 1.82) is 0 Å². The normalized spacial score (nSPS) is 9.30. The van der Waals surface area contributed by atoms with Gasteiger partial charge in [-0.25, -0.2) is 4.39 Å². The van der Waals surface area contributed by atoms with Crippen LogP contribution in [0.5, 0.6) is 0 Å². The number of anilines is 3. The number of nitro benzene ring substituents is 2. The lowest BCUT2D eigenvalue weighted by atomic mass is 10.2. The number of hydrogen-bond acceptors (Lipinski definition) is 11. The Balaban J connectivity index is -0.000000555. The molecule has 13 nitrogen and oxygen atoms in total. The van der Waals surface area contributed by atoms with Gasteiger partial charge < -0.3 is 37.4 Å². The van der Waals surface area contributed by atoms with Gasteiger partial charge in [-0.05, 0) is 94.6 Å². The van der Waals surface area contributed by atoms with Gasteiger partial charge in [0.05, 0.1) is 9.85 Å². The van der Waals surface area contributed by atoms with Crippen LogP contribution in [0.25, 0.3) is 0 Å². The Morgan fingerprint density at radius 2 is 1.11 bits per heavy atom. The van der Waals surface area contributed by atoms with Gasteiger partial charge in [-0.2, -0.15) is 0 Å². The van der Waals surface area contributed by atoms with Crippen LogP contribution in [0.15, 0.2) is 54.6 Å². The zero-order valence-corrected chi connectivity index (χ0v) is 27.9. The van der Waals surface area contributed by atoms with Crippen LogP contribution in [-0.4, -0.2) is 64.6 Å². The predicted molar refractivity (Wildman–Crippen MR) is 187 cm³/mol. The van der Waals surface area contributed by atoms with E-state index >= 15 is 0 Å². The fourth-order valence-corrected chi connectivity index (χ4v) is 3.29. The summed E-state index contributed by atoms with van der Waals surface area (Å²) in [7, 11) is 0. The number of aliphatic hydroxyl groups excluding tert-OH is 3. The van der Waals surface area contributed by atoms with Gasteiger partial charge in [0.25, 0.3) is 11.4 Å². The van der Waals surface area contributed by atoms with Crippen molar-refractivity contribution in [2.45, 2.75) is 40.0 Å². The molecular weight excluding hydrogens is 646 g/mol. The van der Waals surface area contributed by atoms with Crippen LogP contribution < -0.4 is 22.1 Å². The van der Waals surface area contributed by atoms with E-state index in [0.717, 1.165) is 60.2 Å². The molecule has 0 saturated heterocycles. The predicted octanol–water partition coefficient (Wildman–Crippen LogP) is 5.28. The van der Waals surface area contributed by atoms with Gasteiger partial charge in [0.15, 0.2) is 0 Å². The maximum absolute atomic E-state index is 12.4. The van der Waals surface area contributed by atoms with Crippen molar-refractivity contribution in [3.8, 4) is 0 Å². The molecule has 0 amide bonds. The molecule has 0 aliphatic rings. The molecule has 260 valence electrons. The third kappa shape index (κ3) is 20.3. The second-order valence-corrected chi connectivity index (χ2v) is 9.39. The summed E-state index contributed by atoms with van der Waals surface area (Å²) in [6.45, 7) is 7.81. The van der Waals surface area contributed by atoms with Crippen LogP contribution in [0.3, 0.4) is 0 Å². The van der Waals surface area contributed by atoms with Crippen LogP contribution in [0, 0.1) is 46.8 Å². The van der Waals surface area contributed by atoms with Crippen molar-refractivity contribution in [2.75, 3.05) is 55.8 Å². The average molecular weight is 694 g/mol. The summed E-state index contributed by atoms with van der Waals surface area (Å²) in [5.74, 6) is -0.451. The lowest BCUT2D eigenvalue weighted by Crippen LogP contribution is -2.03. The lowest BCUT2D eigenvalue weighted by Gasteiger charge is -2.07. The molecule has 9 N–H and O–H groups in total. The number of nitro groups is 2. The first-order valence-electron chi connectivity index (χ1n) is 13.9. The number of nitrogens with two attached hydrogens (primary N) is 2. The van der Waals surface area contributed by atoms with E-state index < -0.39 is 15.7 Å². The van der Waals surface area contributed by atoms with E-state index in [2.05, 4.69) is 10.6 Å². The van der Waals surface area contributed by atoms with Crippen LogP contribution in [0.4, 0.5) is 32.8 Å². The van der Waals surface area contributed by atoms with Gasteiger partial charge in [-0.15, -0.1) is 24.8 Å². The van der Waals surface area contributed by atoms with Crippen molar-refractivity contribution in [2.24, 2.45) is 5.73 Å². The van der Waals surface area contributed by atoms with E-state index in [-0.39, 0.29) is 56.0 Å². The molecule has 0 saturated carbocycles. The van der Waals surface area contributed by atoms with Gasteiger partial charge in [-0.1, -0.05) is 0 Å². The highest BCUT2D eigenvalue weighted by atomic mass is 35.5. The summed E-state index contributed by atoms with van der Waals surface area (Å²) in [5.41, 5.74) is 15.5. The Morgan fingerprint density at radius 3 is 1.46 bits per heavy atom. The molecule has 0 aliphatic carbocycles. The van der Waals surface area contributed by atoms with Crippen molar-refractivity contribution < 1.29 is 29.6 Å². The molecule has 0 radical (unpaired) electrons. The van der Waals surface area contributed by atoms with Crippen molar-refractivity contribution >= 4 is 53.3 Å². The smallest absolute Gasteiger partial charge is 0.272 e. The van der Waals surface area contributed by atoms with Gasteiger partial charge in [0.2, 0.25) is 0 Å². The van der Waals surface area contributed by atoms with Gasteiger partial charge in [-0.3, -0.25) is 20.2 Å². The number of benzene rings is 3. The zero-order valence-electron chi connectivity index (χ0n) is 26.3. The summed E-state index contributed by atoms with van der Waals surface area (Å²) >= 11 is 0. The molecule has 16 heteroatoms. The fraction of sp³-hybridized carbons (Fsp3) is 0.400. The standard InChI is InChI=1S/C10H14N2O3.C10H16N2O.C7H6FNO2.C3H9NO.2ClH/c1-8-7-9(11-5-2-6-13)3-4-10(8)12(14)15;1-8-7-9(3-4-10(8)11)12-5-2-6-13;1-5-4-6(8)2-3-7(5)9(10)11;4-2-1-3-5;;/h3-4,7,11,13H,2,5-6H2,1H3;3-4,7,12-13H,2,5-6,11H2,1H3;2-4H,1H3;5H,1-4H2;2*1H. The van der Waals surface area contributed by atoms with Crippen LogP contribution in [-0.2, 0) is 0 Å². The molecule has 0 aromatic heterocycles. The number of aliphatic hydroxyl groups is 3. The first-order chi connectivity index (χ1) is 20.9. The molecule has 0 aliphatic heterocycles. The highest BCUT2D eigenvalue weighted by molar-refractivity contribution is 5.85. The topological polar surface area (TPSA) is 223 Å². The third-order valence-electron chi connectivity index (χ3n) is 5.71. The molecule has 0 atom stereocenters. The summed E-state index contributed by atoms with van der Waals surface area (Å²) in [5, 5.41) is 52.2. The monoisotopic (exact) mass is 692 g/mol.